The lowest BCUT2D eigenvalue weighted by Gasteiger charge is -2.47. The van der Waals surface area contributed by atoms with Gasteiger partial charge in [0.1, 0.15) is 0 Å². The molecule has 0 spiro atoms. The SMILES string of the molecule is CC1=C[C@H](C)[C@H]2CO[C@H](c3cccnc3)[C@@H]1[C@H]2C. The Morgan fingerprint density at radius 1 is 1.33 bits per heavy atom. The van der Waals surface area contributed by atoms with Gasteiger partial charge < -0.3 is 4.74 Å². The third kappa shape index (κ3) is 1.79. The minimum Gasteiger partial charge on any atom is -0.373 e. The Morgan fingerprint density at radius 2 is 2.17 bits per heavy atom. The second-order valence-electron chi connectivity index (χ2n) is 5.86. The molecule has 2 bridgehead atoms. The summed E-state index contributed by atoms with van der Waals surface area (Å²) in [5.41, 5.74) is 2.70. The molecular formula is C16H21NO. The van der Waals surface area contributed by atoms with Crippen molar-refractivity contribution >= 4 is 0 Å². The van der Waals surface area contributed by atoms with E-state index in [-0.39, 0.29) is 6.10 Å². The van der Waals surface area contributed by atoms with Crippen LogP contribution in [-0.4, -0.2) is 11.6 Å². The zero-order chi connectivity index (χ0) is 12.7. The van der Waals surface area contributed by atoms with Crippen LogP contribution in [0.4, 0.5) is 0 Å². The van der Waals surface area contributed by atoms with Gasteiger partial charge in [-0.1, -0.05) is 31.6 Å². The fourth-order valence-corrected chi connectivity index (χ4v) is 3.79. The van der Waals surface area contributed by atoms with Crippen LogP contribution < -0.4 is 0 Å². The fourth-order valence-electron chi connectivity index (χ4n) is 3.79. The van der Waals surface area contributed by atoms with Crippen LogP contribution in [0.3, 0.4) is 0 Å². The normalized spacial score (nSPS) is 39.3. The van der Waals surface area contributed by atoms with E-state index in [1.807, 2.05) is 18.5 Å². The first kappa shape index (κ1) is 11.9. The highest BCUT2D eigenvalue weighted by Gasteiger charge is 2.43. The summed E-state index contributed by atoms with van der Waals surface area (Å²) in [5, 5.41) is 0. The molecule has 2 nitrogen and oxygen atoms in total. The quantitative estimate of drug-likeness (QED) is 0.703. The van der Waals surface area contributed by atoms with Crippen LogP contribution in [0, 0.1) is 23.7 Å². The maximum Gasteiger partial charge on any atom is 0.0907 e. The number of nitrogens with zero attached hydrogens (tertiary/aromatic N) is 1. The van der Waals surface area contributed by atoms with Gasteiger partial charge in [0, 0.05) is 18.3 Å². The second-order valence-corrected chi connectivity index (χ2v) is 5.86. The van der Waals surface area contributed by atoms with E-state index in [1.54, 1.807) is 0 Å². The first-order valence-electron chi connectivity index (χ1n) is 6.88. The van der Waals surface area contributed by atoms with Gasteiger partial charge in [-0.15, -0.1) is 0 Å². The first-order valence-corrected chi connectivity index (χ1v) is 6.88. The van der Waals surface area contributed by atoms with E-state index < -0.39 is 0 Å². The molecule has 1 aliphatic carbocycles. The lowest BCUT2D eigenvalue weighted by Crippen LogP contribution is -2.42. The van der Waals surface area contributed by atoms with Crippen LogP contribution in [0.2, 0.25) is 0 Å². The van der Waals surface area contributed by atoms with Crippen molar-refractivity contribution in [2.75, 3.05) is 6.61 Å². The van der Waals surface area contributed by atoms with Crippen molar-refractivity contribution in [1.82, 2.24) is 4.98 Å². The zero-order valence-electron chi connectivity index (χ0n) is 11.3. The Bertz CT molecular complexity index is 453. The highest BCUT2D eigenvalue weighted by atomic mass is 16.5. The van der Waals surface area contributed by atoms with E-state index in [9.17, 15) is 0 Å². The number of hydrogen-bond donors (Lipinski definition) is 0. The van der Waals surface area contributed by atoms with Gasteiger partial charge >= 0.3 is 0 Å². The molecule has 0 radical (unpaired) electrons. The van der Waals surface area contributed by atoms with E-state index in [0.717, 1.165) is 6.61 Å². The number of hydrogen-bond acceptors (Lipinski definition) is 2. The van der Waals surface area contributed by atoms with Crippen LogP contribution in [0.5, 0.6) is 0 Å². The summed E-state index contributed by atoms with van der Waals surface area (Å²) in [7, 11) is 0. The average molecular weight is 243 g/mol. The topological polar surface area (TPSA) is 22.1 Å². The number of fused-ring (bicyclic) bond motifs is 2. The highest BCUT2D eigenvalue weighted by molar-refractivity contribution is 5.23. The lowest BCUT2D eigenvalue weighted by atomic mass is 9.65. The zero-order valence-corrected chi connectivity index (χ0v) is 11.3. The molecule has 0 saturated carbocycles. The summed E-state index contributed by atoms with van der Waals surface area (Å²) < 4.78 is 6.16. The predicted molar refractivity (Wildman–Crippen MR) is 72.0 cm³/mol. The smallest absolute Gasteiger partial charge is 0.0907 e. The molecule has 3 rings (SSSR count). The summed E-state index contributed by atoms with van der Waals surface area (Å²) >= 11 is 0. The van der Waals surface area contributed by atoms with Crippen molar-refractivity contribution in [2.24, 2.45) is 23.7 Å². The minimum absolute atomic E-state index is 0.189. The lowest BCUT2D eigenvalue weighted by molar-refractivity contribution is -0.0935. The molecule has 2 heterocycles. The van der Waals surface area contributed by atoms with Gasteiger partial charge in [-0.05, 0) is 36.3 Å². The maximum absolute atomic E-state index is 6.16. The minimum atomic E-state index is 0.189. The highest BCUT2D eigenvalue weighted by Crippen LogP contribution is 2.49. The van der Waals surface area contributed by atoms with Crippen molar-refractivity contribution in [1.29, 1.82) is 0 Å². The van der Waals surface area contributed by atoms with Crippen LogP contribution in [0.25, 0.3) is 0 Å². The second kappa shape index (κ2) is 4.51. The third-order valence-corrected chi connectivity index (χ3v) is 4.78. The van der Waals surface area contributed by atoms with Crippen LogP contribution in [0.1, 0.15) is 32.4 Å². The molecule has 0 N–H and O–H groups in total. The van der Waals surface area contributed by atoms with Crippen LogP contribution >= 0.6 is 0 Å². The number of rotatable bonds is 1. The van der Waals surface area contributed by atoms with Crippen molar-refractivity contribution < 1.29 is 4.74 Å². The number of aromatic nitrogens is 1. The van der Waals surface area contributed by atoms with Gasteiger partial charge in [-0.2, -0.15) is 0 Å². The van der Waals surface area contributed by atoms with Gasteiger partial charge in [-0.3, -0.25) is 4.98 Å². The van der Waals surface area contributed by atoms with E-state index in [0.29, 0.717) is 23.7 Å². The largest absolute Gasteiger partial charge is 0.373 e. The monoisotopic (exact) mass is 243 g/mol. The Morgan fingerprint density at radius 3 is 2.89 bits per heavy atom. The number of ether oxygens (including phenoxy) is 1. The van der Waals surface area contributed by atoms with Gasteiger partial charge in [0.2, 0.25) is 0 Å². The summed E-state index contributed by atoms with van der Waals surface area (Å²) in [4.78, 5) is 4.23. The summed E-state index contributed by atoms with van der Waals surface area (Å²) in [6, 6.07) is 4.13. The van der Waals surface area contributed by atoms with Gasteiger partial charge in [-0.25, -0.2) is 0 Å². The summed E-state index contributed by atoms with van der Waals surface area (Å²) in [5.74, 6) is 2.53. The molecule has 1 aliphatic heterocycles. The number of allylic oxidation sites excluding steroid dienone is 1. The van der Waals surface area contributed by atoms with E-state index >= 15 is 0 Å². The standard InChI is InChI=1S/C16H21NO/c1-10-7-11(2)15-12(3)14(10)9-18-16(15)13-5-4-6-17-8-13/h4-8,10,12,14-16H,9H2,1-3H3/t10-,12-,14+,15-,16+/m0/s1. The van der Waals surface area contributed by atoms with Gasteiger partial charge in [0.05, 0.1) is 12.7 Å². The number of pyridine rings is 1. The molecule has 5 atom stereocenters. The molecule has 1 aromatic rings. The van der Waals surface area contributed by atoms with Crippen molar-refractivity contribution in [3.8, 4) is 0 Å². The fraction of sp³-hybridized carbons (Fsp3) is 0.562. The molecule has 0 amide bonds. The van der Waals surface area contributed by atoms with E-state index in [1.165, 1.54) is 11.1 Å². The Balaban J connectivity index is 1.97. The Labute approximate surface area is 109 Å². The molecule has 1 saturated heterocycles. The van der Waals surface area contributed by atoms with Gasteiger partial charge in [0.15, 0.2) is 0 Å². The Kier molecular flexibility index (Phi) is 2.98. The molecule has 1 fully saturated rings. The summed E-state index contributed by atoms with van der Waals surface area (Å²) in [6.07, 6.45) is 6.41. The molecule has 1 aromatic heterocycles. The predicted octanol–water partition coefficient (Wildman–Crippen LogP) is 3.62. The van der Waals surface area contributed by atoms with Crippen LogP contribution in [0.15, 0.2) is 36.2 Å². The Hall–Kier alpha value is -1.15. The van der Waals surface area contributed by atoms with Crippen molar-refractivity contribution in [3.63, 3.8) is 0 Å². The maximum atomic E-state index is 6.16. The average Bonchev–Trinajstić information content (AvgIpc) is 2.37. The molecule has 2 heteroatoms. The third-order valence-electron chi connectivity index (χ3n) is 4.78. The van der Waals surface area contributed by atoms with E-state index in [4.69, 9.17) is 4.74 Å². The summed E-state index contributed by atoms with van der Waals surface area (Å²) in [6.45, 7) is 7.83. The molecule has 0 unspecified atom stereocenters. The molecule has 2 aliphatic rings. The van der Waals surface area contributed by atoms with Crippen LogP contribution in [-0.2, 0) is 4.74 Å². The first-order chi connectivity index (χ1) is 8.68. The molecule has 18 heavy (non-hydrogen) atoms. The van der Waals surface area contributed by atoms with Crippen molar-refractivity contribution in [3.05, 3.63) is 41.7 Å². The van der Waals surface area contributed by atoms with Gasteiger partial charge in [0.25, 0.3) is 0 Å². The molecular weight excluding hydrogens is 222 g/mol. The van der Waals surface area contributed by atoms with E-state index in [2.05, 4.69) is 37.9 Å². The molecule has 96 valence electrons. The van der Waals surface area contributed by atoms with Crippen molar-refractivity contribution in [2.45, 2.75) is 26.9 Å². The molecule has 0 aromatic carbocycles.